The lowest BCUT2D eigenvalue weighted by Crippen LogP contribution is -2.36. The summed E-state index contributed by atoms with van der Waals surface area (Å²) in [6.07, 6.45) is 0. The van der Waals surface area contributed by atoms with E-state index in [1.807, 2.05) is 0 Å². The third-order valence-corrected chi connectivity index (χ3v) is 1.18. The van der Waals surface area contributed by atoms with Crippen molar-refractivity contribution in [2.45, 2.75) is 6.92 Å². The minimum atomic E-state index is -0.927. The molecule has 0 aliphatic rings. The van der Waals surface area contributed by atoms with E-state index in [-0.39, 0.29) is 6.61 Å². The van der Waals surface area contributed by atoms with Crippen molar-refractivity contribution in [2.75, 3.05) is 20.7 Å². The SMILES string of the molecule is CCOC(=O)C(=[N+]=[N-])C(=O)N(C)C. The van der Waals surface area contributed by atoms with Crippen molar-refractivity contribution in [1.82, 2.24) is 4.90 Å². The number of amides is 1. The van der Waals surface area contributed by atoms with Gasteiger partial charge in [0.05, 0.1) is 6.61 Å². The molecule has 0 spiro atoms. The highest BCUT2D eigenvalue weighted by Crippen LogP contribution is 1.86. The quantitative estimate of drug-likeness (QED) is 0.192. The van der Waals surface area contributed by atoms with E-state index in [0.29, 0.717) is 0 Å². The molecule has 0 aliphatic carbocycles. The lowest BCUT2D eigenvalue weighted by atomic mass is 10.3. The first-order chi connectivity index (χ1) is 6.04. The molecule has 0 bridgehead atoms. The van der Waals surface area contributed by atoms with Crippen LogP contribution < -0.4 is 0 Å². The number of carbonyl (C=O) groups excluding carboxylic acids is 2. The van der Waals surface area contributed by atoms with E-state index in [0.717, 1.165) is 4.90 Å². The lowest BCUT2D eigenvalue weighted by Gasteiger charge is -2.04. The van der Waals surface area contributed by atoms with Crippen molar-refractivity contribution in [3.05, 3.63) is 5.53 Å². The molecule has 0 rings (SSSR count). The number of esters is 1. The third-order valence-electron chi connectivity index (χ3n) is 1.18. The Morgan fingerprint density at radius 3 is 2.31 bits per heavy atom. The van der Waals surface area contributed by atoms with E-state index in [1.165, 1.54) is 14.1 Å². The molecule has 13 heavy (non-hydrogen) atoms. The first-order valence-corrected chi connectivity index (χ1v) is 3.65. The van der Waals surface area contributed by atoms with E-state index in [2.05, 4.69) is 9.53 Å². The molecule has 0 unspecified atom stereocenters. The molecule has 0 heterocycles. The Labute approximate surface area is 75.7 Å². The summed E-state index contributed by atoms with van der Waals surface area (Å²) in [6, 6.07) is 0. The maximum atomic E-state index is 11.1. The highest BCUT2D eigenvalue weighted by molar-refractivity contribution is 6.61. The Hall–Kier alpha value is -1.68. The van der Waals surface area contributed by atoms with Gasteiger partial charge in [0.25, 0.3) is 0 Å². The molecule has 0 aromatic heterocycles. The fraction of sp³-hybridized carbons (Fsp3) is 0.571. The summed E-state index contributed by atoms with van der Waals surface area (Å²) < 4.78 is 4.49. The zero-order chi connectivity index (χ0) is 10.4. The van der Waals surface area contributed by atoms with Crippen LogP contribution in [0.25, 0.3) is 5.53 Å². The maximum absolute atomic E-state index is 11.1. The molecule has 0 saturated carbocycles. The van der Waals surface area contributed by atoms with Crippen molar-refractivity contribution < 1.29 is 19.1 Å². The van der Waals surface area contributed by atoms with Gasteiger partial charge in [0, 0.05) is 14.1 Å². The zero-order valence-electron chi connectivity index (χ0n) is 7.77. The van der Waals surface area contributed by atoms with Gasteiger partial charge in [0.15, 0.2) is 0 Å². The summed E-state index contributed by atoms with van der Waals surface area (Å²) in [5.74, 6) is -1.62. The van der Waals surface area contributed by atoms with Crippen molar-refractivity contribution in [3.63, 3.8) is 0 Å². The second-order valence-corrected chi connectivity index (χ2v) is 2.37. The second kappa shape index (κ2) is 5.05. The third kappa shape index (κ3) is 3.04. The van der Waals surface area contributed by atoms with E-state index >= 15 is 0 Å². The van der Waals surface area contributed by atoms with Crippen molar-refractivity contribution >= 4 is 17.6 Å². The summed E-state index contributed by atoms with van der Waals surface area (Å²) in [5.41, 5.74) is 7.76. The van der Waals surface area contributed by atoms with Gasteiger partial charge in [-0.3, -0.25) is 4.79 Å². The van der Waals surface area contributed by atoms with Crippen molar-refractivity contribution in [3.8, 4) is 0 Å². The Morgan fingerprint density at radius 1 is 1.46 bits per heavy atom. The van der Waals surface area contributed by atoms with Crippen LogP contribution in [0.15, 0.2) is 0 Å². The number of nitrogens with zero attached hydrogens (tertiary/aromatic N) is 3. The minimum absolute atomic E-state index is 0.124. The molecule has 6 heteroatoms. The number of hydrogen-bond donors (Lipinski definition) is 0. The van der Waals surface area contributed by atoms with Gasteiger partial charge in [-0.25, -0.2) is 4.79 Å². The molecule has 0 fully saturated rings. The minimum Gasteiger partial charge on any atom is -0.457 e. The van der Waals surface area contributed by atoms with Crippen molar-refractivity contribution in [1.29, 1.82) is 0 Å². The molecule has 0 aromatic rings. The first-order valence-electron chi connectivity index (χ1n) is 3.65. The van der Waals surface area contributed by atoms with Gasteiger partial charge >= 0.3 is 17.6 Å². The molecule has 1 amide bonds. The molecule has 0 atom stereocenters. The van der Waals surface area contributed by atoms with Gasteiger partial charge in [-0.1, -0.05) is 0 Å². The van der Waals surface area contributed by atoms with Crippen LogP contribution in [0.3, 0.4) is 0 Å². The zero-order valence-corrected chi connectivity index (χ0v) is 7.77. The molecule has 0 aliphatic heterocycles. The van der Waals surface area contributed by atoms with Gasteiger partial charge in [-0.2, -0.15) is 4.79 Å². The van der Waals surface area contributed by atoms with Crippen LogP contribution >= 0.6 is 0 Å². The predicted octanol–water partition coefficient (Wildman–Crippen LogP) is -0.692. The summed E-state index contributed by atoms with van der Waals surface area (Å²) in [6.45, 7) is 1.71. The second-order valence-electron chi connectivity index (χ2n) is 2.37. The van der Waals surface area contributed by atoms with Crippen LogP contribution in [-0.4, -0.2) is 48.0 Å². The molecular formula is C7H11N3O3. The fourth-order valence-corrected chi connectivity index (χ4v) is 0.582. The lowest BCUT2D eigenvalue weighted by molar-refractivity contribution is -0.143. The smallest absolute Gasteiger partial charge is 0.457 e. The molecular weight excluding hydrogens is 174 g/mol. The van der Waals surface area contributed by atoms with E-state index in [1.54, 1.807) is 6.92 Å². The number of hydrogen-bond acceptors (Lipinski definition) is 3. The molecule has 72 valence electrons. The van der Waals surface area contributed by atoms with Crippen LogP contribution in [-0.2, 0) is 14.3 Å². The number of ether oxygens (including phenoxy) is 1. The average Bonchev–Trinajstić information content (AvgIpc) is 2.05. The summed E-state index contributed by atoms with van der Waals surface area (Å²) in [5, 5.41) is 0. The normalized spacial score (nSPS) is 8.54. The summed E-state index contributed by atoms with van der Waals surface area (Å²) in [7, 11) is 2.87. The fourth-order valence-electron chi connectivity index (χ4n) is 0.582. The molecule has 0 saturated heterocycles. The number of carbonyl (C=O) groups is 2. The van der Waals surface area contributed by atoms with Gasteiger partial charge in [-0.05, 0) is 6.92 Å². The average molecular weight is 185 g/mol. The van der Waals surface area contributed by atoms with Gasteiger partial charge < -0.3 is 15.2 Å². The van der Waals surface area contributed by atoms with E-state index in [9.17, 15) is 9.59 Å². The van der Waals surface area contributed by atoms with E-state index in [4.69, 9.17) is 5.53 Å². The van der Waals surface area contributed by atoms with Gasteiger partial charge in [-0.15, -0.1) is 0 Å². The van der Waals surface area contributed by atoms with Crippen LogP contribution in [0.4, 0.5) is 0 Å². The number of rotatable bonds is 3. The predicted molar refractivity (Wildman–Crippen MR) is 44.0 cm³/mol. The molecule has 0 aromatic carbocycles. The standard InChI is InChI=1S/C7H11N3O3/c1-4-13-7(12)5(9-8)6(11)10(2)3/h4H2,1-3H3. The Balaban J connectivity index is 4.64. The van der Waals surface area contributed by atoms with Crippen molar-refractivity contribution in [2.24, 2.45) is 0 Å². The van der Waals surface area contributed by atoms with E-state index < -0.39 is 17.6 Å². The monoisotopic (exact) mass is 185 g/mol. The molecule has 0 N–H and O–H groups in total. The van der Waals surface area contributed by atoms with Crippen LogP contribution in [0.2, 0.25) is 0 Å². The van der Waals surface area contributed by atoms with Gasteiger partial charge in [0.2, 0.25) is 0 Å². The highest BCUT2D eigenvalue weighted by Gasteiger charge is 2.32. The largest absolute Gasteiger partial charge is 0.463 e. The Kier molecular flexibility index (Phi) is 4.40. The van der Waals surface area contributed by atoms with Crippen LogP contribution in [0, 0.1) is 0 Å². The molecule has 6 nitrogen and oxygen atoms in total. The van der Waals surface area contributed by atoms with Gasteiger partial charge in [0.1, 0.15) is 0 Å². The summed E-state index contributed by atoms with van der Waals surface area (Å²) in [4.78, 5) is 25.8. The topological polar surface area (TPSA) is 83.0 Å². The van der Waals surface area contributed by atoms with Crippen LogP contribution in [0.1, 0.15) is 6.92 Å². The summed E-state index contributed by atoms with van der Waals surface area (Å²) >= 11 is 0. The Morgan fingerprint density at radius 2 is 2.00 bits per heavy atom. The maximum Gasteiger partial charge on any atom is 0.463 e. The first kappa shape index (κ1) is 11.3. The molecule has 0 radical (unpaired) electrons. The highest BCUT2D eigenvalue weighted by atomic mass is 16.5. The Bertz CT molecular complexity index is 266. The van der Waals surface area contributed by atoms with Crippen LogP contribution in [0.5, 0.6) is 0 Å².